The third-order valence-corrected chi connectivity index (χ3v) is 3.38. The first-order valence-corrected chi connectivity index (χ1v) is 6.73. The minimum atomic E-state index is -0.0199. The fraction of sp³-hybridized carbons (Fsp3) is 0.750. The first-order chi connectivity index (χ1) is 8.77. The number of aromatic nitrogens is 2. The van der Waals surface area contributed by atoms with Crippen molar-refractivity contribution in [3.05, 3.63) is 16.9 Å². The maximum absolute atomic E-state index is 6.25. The summed E-state index contributed by atoms with van der Waals surface area (Å²) in [6.07, 6.45) is 2.69. The van der Waals surface area contributed by atoms with Crippen LogP contribution in [0, 0.1) is 0 Å². The van der Waals surface area contributed by atoms with Gasteiger partial charge in [-0.15, -0.1) is 0 Å². The molecule has 102 valence electrons. The highest BCUT2D eigenvalue weighted by Gasteiger charge is 2.29. The monoisotopic (exact) mass is 273 g/mol. The number of hydrogen-bond acceptors (Lipinski definition) is 4. The van der Waals surface area contributed by atoms with Gasteiger partial charge in [-0.25, -0.2) is 0 Å². The van der Waals surface area contributed by atoms with Crippen molar-refractivity contribution in [2.75, 3.05) is 26.9 Å². The summed E-state index contributed by atoms with van der Waals surface area (Å²) in [5.41, 5.74) is 0.983. The van der Waals surface area contributed by atoms with Crippen LogP contribution in [0.4, 0.5) is 0 Å². The number of rotatable bonds is 5. The normalized spacial score (nSPS) is 22.1. The van der Waals surface area contributed by atoms with E-state index >= 15 is 0 Å². The molecular formula is C12H20ClN3O2. The Morgan fingerprint density at radius 1 is 1.61 bits per heavy atom. The van der Waals surface area contributed by atoms with Gasteiger partial charge in [-0.1, -0.05) is 18.5 Å². The molecule has 2 rings (SSSR count). The van der Waals surface area contributed by atoms with Gasteiger partial charge < -0.3 is 14.8 Å². The van der Waals surface area contributed by atoms with Crippen molar-refractivity contribution in [2.45, 2.75) is 32.0 Å². The third kappa shape index (κ3) is 2.85. The van der Waals surface area contributed by atoms with Gasteiger partial charge in [0.05, 0.1) is 42.8 Å². The molecule has 2 atom stereocenters. The zero-order chi connectivity index (χ0) is 13.0. The van der Waals surface area contributed by atoms with Crippen molar-refractivity contribution in [2.24, 2.45) is 0 Å². The molecule has 1 aliphatic heterocycles. The summed E-state index contributed by atoms with van der Waals surface area (Å²) in [6.45, 7) is 4.85. The van der Waals surface area contributed by atoms with E-state index in [4.69, 9.17) is 21.1 Å². The van der Waals surface area contributed by atoms with E-state index in [1.165, 1.54) is 0 Å². The van der Waals surface area contributed by atoms with Crippen LogP contribution in [0.1, 0.15) is 25.1 Å². The number of halogens is 1. The fourth-order valence-electron chi connectivity index (χ4n) is 2.27. The lowest BCUT2D eigenvalue weighted by atomic mass is 10.1. The van der Waals surface area contributed by atoms with E-state index in [1.807, 2.05) is 11.7 Å². The lowest BCUT2D eigenvalue weighted by Crippen LogP contribution is -2.40. The van der Waals surface area contributed by atoms with Crippen molar-refractivity contribution in [1.29, 1.82) is 0 Å². The molecule has 0 saturated carbocycles. The van der Waals surface area contributed by atoms with E-state index < -0.39 is 0 Å². The van der Waals surface area contributed by atoms with Gasteiger partial charge in [-0.2, -0.15) is 5.10 Å². The van der Waals surface area contributed by atoms with Crippen molar-refractivity contribution >= 4 is 11.6 Å². The van der Waals surface area contributed by atoms with E-state index in [9.17, 15) is 0 Å². The predicted molar refractivity (Wildman–Crippen MR) is 69.9 cm³/mol. The summed E-state index contributed by atoms with van der Waals surface area (Å²) in [4.78, 5) is 0. The molecule has 0 bridgehead atoms. The average Bonchev–Trinajstić information content (AvgIpc) is 2.75. The Kier molecular flexibility index (Phi) is 5.00. The minimum absolute atomic E-state index is 0.00634. The zero-order valence-electron chi connectivity index (χ0n) is 10.9. The number of aryl methyl sites for hydroxylation is 1. The second kappa shape index (κ2) is 6.52. The number of ether oxygens (including phenoxy) is 2. The highest BCUT2D eigenvalue weighted by Crippen LogP contribution is 2.27. The van der Waals surface area contributed by atoms with E-state index in [0.29, 0.717) is 24.8 Å². The maximum Gasteiger partial charge on any atom is 0.102 e. The van der Waals surface area contributed by atoms with Gasteiger partial charge in [0.1, 0.15) is 6.10 Å². The lowest BCUT2D eigenvalue weighted by molar-refractivity contribution is -0.102. The quantitative estimate of drug-likeness (QED) is 0.886. The molecule has 1 N–H and O–H groups in total. The van der Waals surface area contributed by atoms with Crippen LogP contribution in [0.5, 0.6) is 0 Å². The van der Waals surface area contributed by atoms with Crippen molar-refractivity contribution in [3.8, 4) is 0 Å². The first-order valence-electron chi connectivity index (χ1n) is 6.35. The number of nitrogens with zero attached hydrogens (tertiary/aromatic N) is 2. The van der Waals surface area contributed by atoms with Gasteiger partial charge in [0.15, 0.2) is 0 Å². The molecule has 2 unspecified atom stereocenters. The summed E-state index contributed by atoms with van der Waals surface area (Å²) in [5, 5.41) is 8.26. The SMILES string of the molecule is CCCn1ncc(Cl)c1C(NC)C1COCCO1. The van der Waals surface area contributed by atoms with Gasteiger partial charge in [0.2, 0.25) is 0 Å². The fourth-order valence-corrected chi connectivity index (χ4v) is 2.53. The van der Waals surface area contributed by atoms with Crippen LogP contribution in [0.15, 0.2) is 6.20 Å². The minimum Gasteiger partial charge on any atom is -0.376 e. The maximum atomic E-state index is 6.25. The van der Waals surface area contributed by atoms with Crippen LogP contribution < -0.4 is 5.32 Å². The van der Waals surface area contributed by atoms with Crippen LogP contribution in [0.2, 0.25) is 5.02 Å². The lowest BCUT2D eigenvalue weighted by Gasteiger charge is -2.30. The van der Waals surface area contributed by atoms with E-state index in [0.717, 1.165) is 18.7 Å². The molecule has 1 aliphatic rings. The molecule has 1 aromatic heterocycles. The molecule has 0 amide bonds. The molecule has 6 heteroatoms. The highest BCUT2D eigenvalue weighted by atomic mass is 35.5. The third-order valence-electron chi connectivity index (χ3n) is 3.09. The Morgan fingerprint density at radius 3 is 3.06 bits per heavy atom. The van der Waals surface area contributed by atoms with Crippen LogP contribution in [-0.4, -0.2) is 42.8 Å². The Bertz CT molecular complexity index is 377. The van der Waals surface area contributed by atoms with Crippen LogP contribution in [0.25, 0.3) is 0 Å². The highest BCUT2D eigenvalue weighted by molar-refractivity contribution is 6.31. The Morgan fingerprint density at radius 2 is 2.44 bits per heavy atom. The van der Waals surface area contributed by atoms with Gasteiger partial charge in [-0.05, 0) is 13.5 Å². The van der Waals surface area contributed by atoms with Gasteiger partial charge in [0, 0.05) is 6.54 Å². The number of likely N-dealkylation sites (N-methyl/N-ethyl adjacent to an activating group) is 1. The second-order valence-electron chi connectivity index (χ2n) is 4.35. The standard InChI is InChI=1S/C12H20ClN3O2/c1-3-4-16-12(9(13)7-15-16)11(14-2)10-8-17-5-6-18-10/h7,10-11,14H,3-6,8H2,1-2H3. The topological polar surface area (TPSA) is 48.3 Å². The van der Waals surface area contributed by atoms with Gasteiger partial charge >= 0.3 is 0 Å². The number of hydrogen-bond donors (Lipinski definition) is 1. The molecular weight excluding hydrogens is 254 g/mol. The molecule has 18 heavy (non-hydrogen) atoms. The van der Waals surface area contributed by atoms with Crippen molar-refractivity contribution in [1.82, 2.24) is 15.1 Å². The van der Waals surface area contributed by atoms with Crippen LogP contribution >= 0.6 is 11.6 Å². The van der Waals surface area contributed by atoms with Crippen molar-refractivity contribution < 1.29 is 9.47 Å². The molecule has 2 heterocycles. The predicted octanol–water partition coefficient (Wildman–Crippen LogP) is 1.62. The molecule has 0 aliphatic carbocycles. The molecule has 0 spiro atoms. The Balaban J connectivity index is 2.22. The summed E-state index contributed by atoms with van der Waals surface area (Å²) in [5.74, 6) is 0. The molecule has 0 aromatic carbocycles. The smallest absolute Gasteiger partial charge is 0.102 e. The zero-order valence-corrected chi connectivity index (χ0v) is 11.6. The Labute approximate surface area is 112 Å². The Hall–Kier alpha value is -0.620. The summed E-state index contributed by atoms with van der Waals surface area (Å²) < 4.78 is 13.2. The largest absolute Gasteiger partial charge is 0.376 e. The van der Waals surface area contributed by atoms with Crippen LogP contribution in [-0.2, 0) is 16.0 Å². The van der Waals surface area contributed by atoms with Crippen molar-refractivity contribution in [3.63, 3.8) is 0 Å². The number of nitrogens with one attached hydrogen (secondary N) is 1. The van der Waals surface area contributed by atoms with Gasteiger partial charge in [0.25, 0.3) is 0 Å². The average molecular weight is 274 g/mol. The summed E-state index contributed by atoms with van der Waals surface area (Å²) >= 11 is 6.25. The van der Waals surface area contributed by atoms with E-state index in [2.05, 4.69) is 17.3 Å². The van der Waals surface area contributed by atoms with E-state index in [-0.39, 0.29) is 12.1 Å². The van der Waals surface area contributed by atoms with Crippen LogP contribution in [0.3, 0.4) is 0 Å². The second-order valence-corrected chi connectivity index (χ2v) is 4.76. The molecule has 0 radical (unpaired) electrons. The molecule has 1 saturated heterocycles. The molecule has 5 nitrogen and oxygen atoms in total. The molecule has 1 aromatic rings. The molecule has 1 fully saturated rings. The summed E-state index contributed by atoms with van der Waals surface area (Å²) in [7, 11) is 1.91. The summed E-state index contributed by atoms with van der Waals surface area (Å²) in [6, 6.07) is 0.00634. The van der Waals surface area contributed by atoms with Gasteiger partial charge in [-0.3, -0.25) is 4.68 Å². The van der Waals surface area contributed by atoms with E-state index in [1.54, 1.807) is 6.20 Å². The first kappa shape index (κ1) is 13.8.